The van der Waals surface area contributed by atoms with Crippen LogP contribution in [-0.2, 0) is 22.4 Å². The zero-order chi connectivity index (χ0) is 24.0. The fraction of sp³-hybridized carbons (Fsp3) is 0.462. The highest BCUT2D eigenvalue weighted by molar-refractivity contribution is 5.85. The van der Waals surface area contributed by atoms with Gasteiger partial charge in [-0.3, -0.25) is 9.88 Å². The van der Waals surface area contributed by atoms with Crippen molar-refractivity contribution < 1.29 is 9.47 Å². The third-order valence-electron chi connectivity index (χ3n) is 6.74. The van der Waals surface area contributed by atoms with Crippen LogP contribution in [-0.4, -0.2) is 89.6 Å². The minimum atomic E-state index is 0.441. The van der Waals surface area contributed by atoms with Crippen LogP contribution < -0.4 is 4.90 Å². The van der Waals surface area contributed by atoms with Gasteiger partial charge in [0.05, 0.1) is 26.1 Å². The molecule has 0 aliphatic carbocycles. The molecule has 0 N–H and O–H groups in total. The lowest BCUT2D eigenvalue weighted by Crippen LogP contribution is -2.37. The van der Waals surface area contributed by atoms with E-state index in [9.17, 15) is 0 Å². The third-order valence-corrected chi connectivity index (χ3v) is 6.74. The molecule has 4 heterocycles. The van der Waals surface area contributed by atoms with Crippen LogP contribution in [0.5, 0.6) is 0 Å². The Morgan fingerprint density at radius 2 is 2.11 bits per heavy atom. The van der Waals surface area contributed by atoms with Crippen molar-refractivity contribution >= 4 is 27.8 Å². The van der Waals surface area contributed by atoms with Crippen molar-refractivity contribution in [3.8, 4) is 0 Å². The molecule has 1 unspecified atom stereocenters. The van der Waals surface area contributed by atoms with E-state index in [0.717, 1.165) is 69.3 Å². The van der Waals surface area contributed by atoms with Crippen LogP contribution >= 0.6 is 0 Å². The second kappa shape index (κ2) is 11.1. The van der Waals surface area contributed by atoms with Gasteiger partial charge in [-0.1, -0.05) is 18.2 Å². The highest BCUT2D eigenvalue weighted by Gasteiger charge is 2.21. The summed E-state index contributed by atoms with van der Waals surface area (Å²) in [6.45, 7) is 6.61. The van der Waals surface area contributed by atoms with E-state index in [0.29, 0.717) is 12.5 Å². The van der Waals surface area contributed by atoms with Crippen molar-refractivity contribution in [2.45, 2.75) is 13.0 Å². The molecule has 1 aromatic carbocycles. The Morgan fingerprint density at radius 1 is 1.17 bits per heavy atom. The number of fused-ring (bicyclic) bond motifs is 2. The first-order chi connectivity index (χ1) is 17.2. The first-order valence-corrected chi connectivity index (χ1v) is 12.2. The third kappa shape index (κ3) is 5.42. The molecule has 0 amide bonds. The second-order valence-corrected chi connectivity index (χ2v) is 9.18. The topological polar surface area (TPSA) is 81.4 Å². The molecule has 3 aromatic heterocycles. The molecule has 1 aliphatic heterocycles. The van der Waals surface area contributed by atoms with Crippen LogP contribution in [0, 0.1) is 5.92 Å². The van der Waals surface area contributed by atoms with Gasteiger partial charge in [-0.2, -0.15) is 0 Å². The zero-order valence-electron chi connectivity index (χ0n) is 20.5. The minimum Gasteiger partial charge on any atom is -0.383 e. The van der Waals surface area contributed by atoms with Crippen molar-refractivity contribution in [1.82, 2.24) is 29.4 Å². The molecule has 5 rings (SSSR count). The SMILES string of the molecule is COCCn1cnc2c(N(C)CCN3CCOCC(Cc4cccc5ccncc45)C3)ncnc21. The van der Waals surface area contributed by atoms with Crippen molar-refractivity contribution in [2.75, 3.05) is 65.1 Å². The lowest BCUT2D eigenvalue weighted by molar-refractivity contribution is 0.122. The normalized spacial score (nSPS) is 17.1. The Labute approximate surface area is 205 Å². The summed E-state index contributed by atoms with van der Waals surface area (Å²) in [7, 11) is 3.77. The van der Waals surface area contributed by atoms with Crippen LogP contribution in [0.25, 0.3) is 21.9 Å². The van der Waals surface area contributed by atoms with E-state index in [1.54, 1.807) is 13.4 Å². The largest absolute Gasteiger partial charge is 0.383 e. The van der Waals surface area contributed by atoms with Gasteiger partial charge in [0.1, 0.15) is 6.33 Å². The van der Waals surface area contributed by atoms with Gasteiger partial charge < -0.3 is 18.9 Å². The maximum absolute atomic E-state index is 5.99. The summed E-state index contributed by atoms with van der Waals surface area (Å²) in [6, 6.07) is 8.59. The van der Waals surface area contributed by atoms with Crippen LogP contribution in [0.3, 0.4) is 0 Å². The quantitative estimate of drug-likeness (QED) is 0.366. The van der Waals surface area contributed by atoms with Gasteiger partial charge in [0.15, 0.2) is 17.0 Å². The van der Waals surface area contributed by atoms with E-state index < -0.39 is 0 Å². The molecule has 0 saturated carbocycles. The van der Waals surface area contributed by atoms with Crippen molar-refractivity contribution in [3.63, 3.8) is 0 Å². The van der Waals surface area contributed by atoms with E-state index in [1.165, 1.54) is 16.3 Å². The summed E-state index contributed by atoms with van der Waals surface area (Å²) >= 11 is 0. The predicted octanol–water partition coefficient (Wildman–Crippen LogP) is 2.65. The van der Waals surface area contributed by atoms with Gasteiger partial charge in [0, 0.05) is 64.7 Å². The monoisotopic (exact) mass is 475 g/mol. The molecule has 1 aliphatic rings. The summed E-state index contributed by atoms with van der Waals surface area (Å²) in [5.41, 5.74) is 3.01. The Bertz CT molecular complexity index is 1260. The Kier molecular flexibility index (Phi) is 7.46. The molecule has 1 saturated heterocycles. The summed E-state index contributed by atoms with van der Waals surface area (Å²) in [4.78, 5) is 22.6. The average molecular weight is 476 g/mol. The number of likely N-dealkylation sites (N-methyl/N-ethyl adjacent to an activating group) is 1. The van der Waals surface area contributed by atoms with E-state index in [-0.39, 0.29) is 0 Å². The first-order valence-electron chi connectivity index (χ1n) is 12.2. The number of rotatable bonds is 9. The number of ether oxygens (including phenoxy) is 2. The van der Waals surface area contributed by atoms with Crippen LogP contribution in [0.4, 0.5) is 5.82 Å². The van der Waals surface area contributed by atoms with Gasteiger partial charge in [-0.05, 0) is 29.4 Å². The molecule has 0 radical (unpaired) electrons. The number of methoxy groups -OCH3 is 1. The molecule has 184 valence electrons. The van der Waals surface area contributed by atoms with Crippen molar-refractivity contribution in [1.29, 1.82) is 0 Å². The summed E-state index contributed by atoms with van der Waals surface area (Å²) in [6.07, 6.45) is 8.26. The van der Waals surface area contributed by atoms with Gasteiger partial charge in [-0.25, -0.2) is 15.0 Å². The molecule has 9 heteroatoms. The number of imidazole rings is 1. The second-order valence-electron chi connectivity index (χ2n) is 9.18. The fourth-order valence-corrected chi connectivity index (χ4v) is 4.84. The van der Waals surface area contributed by atoms with Crippen molar-refractivity contribution in [3.05, 3.63) is 54.9 Å². The highest BCUT2D eigenvalue weighted by atomic mass is 16.5. The Morgan fingerprint density at radius 3 is 3.03 bits per heavy atom. The molecular formula is C26H33N7O2. The fourth-order valence-electron chi connectivity index (χ4n) is 4.84. The number of pyridine rings is 1. The number of hydrogen-bond acceptors (Lipinski definition) is 8. The zero-order valence-corrected chi connectivity index (χ0v) is 20.5. The number of aromatic nitrogens is 5. The molecule has 0 bridgehead atoms. The predicted molar refractivity (Wildman–Crippen MR) is 137 cm³/mol. The van der Waals surface area contributed by atoms with E-state index in [1.807, 2.05) is 23.3 Å². The molecule has 9 nitrogen and oxygen atoms in total. The molecule has 4 aromatic rings. The van der Waals surface area contributed by atoms with Crippen molar-refractivity contribution in [2.24, 2.45) is 5.92 Å². The molecule has 1 fully saturated rings. The molecule has 1 atom stereocenters. The molecular weight excluding hydrogens is 442 g/mol. The smallest absolute Gasteiger partial charge is 0.165 e. The van der Waals surface area contributed by atoms with Crippen LogP contribution in [0.15, 0.2) is 49.3 Å². The molecule has 35 heavy (non-hydrogen) atoms. The highest BCUT2D eigenvalue weighted by Crippen LogP contribution is 2.23. The molecule has 0 spiro atoms. The van der Waals surface area contributed by atoms with Gasteiger partial charge in [-0.15, -0.1) is 0 Å². The van der Waals surface area contributed by atoms with Gasteiger partial charge in [0.25, 0.3) is 0 Å². The Balaban J connectivity index is 1.23. The first kappa shape index (κ1) is 23.6. The standard InChI is InChI=1S/C26H33N7O2/c1-31(25-24-26(29-18-28-25)33(19-30-24)11-12-34-2)8-9-32-10-13-35-17-20(16-32)14-22-5-3-4-21-6-7-27-15-23(21)22/h3-7,15,18-20H,8-14,16-17H2,1-2H3. The lowest BCUT2D eigenvalue weighted by Gasteiger charge is -2.26. The maximum atomic E-state index is 5.99. The van der Waals surface area contributed by atoms with Crippen LogP contribution in [0.1, 0.15) is 5.56 Å². The van der Waals surface area contributed by atoms with E-state index in [2.05, 4.69) is 61.0 Å². The van der Waals surface area contributed by atoms with E-state index in [4.69, 9.17) is 9.47 Å². The number of benzene rings is 1. The number of anilines is 1. The van der Waals surface area contributed by atoms with Gasteiger partial charge >= 0.3 is 0 Å². The van der Waals surface area contributed by atoms with Crippen LogP contribution in [0.2, 0.25) is 0 Å². The average Bonchev–Trinajstić information content (AvgIpc) is 3.17. The summed E-state index contributed by atoms with van der Waals surface area (Å²) in [5, 5.41) is 2.48. The van der Waals surface area contributed by atoms with E-state index >= 15 is 0 Å². The number of hydrogen-bond donors (Lipinski definition) is 0. The van der Waals surface area contributed by atoms with Gasteiger partial charge in [0.2, 0.25) is 0 Å². The summed E-state index contributed by atoms with van der Waals surface area (Å²) < 4.78 is 13.2. The maximum Gasteiger partial charge on any atom is 0.165 e. The minimum absolute atomic E-state index is 0.441. The summed E-state index contributed by atoms with van der Waals surface area (Å²) in [5.74, 6) is 1.30. The Hall–Kier alpha value is -3.14. The lowest BCUT2D eigenvalue weighted by atomic mass is 9.96. The number of nitrogens with zero attached hydrogens (tertiary/aromatic N) is 7.